The number of hydrogen-bond acceptors (Lipinski definition) is 5. The number of para-hydroxylation sites is 1. The highest BCUT2D eigenvalue weighted by atomic mass is 79.9. The standard InChI is InChI=1S/C22H13BrF2N4O4/c23-14-6-4-12(21(31)27-18-8-9-33-28-18)10-17(14)26-22(32)13-5-7-19(30)29(11-13)20-15(24)2-1-3-16(20)25/h1-11H,(H,26,32)(H,27,28,31). The number of benzene rings is 2. The van der Waals surface area contributed by atoms with Crippen LogP contribution in [0.1, 0.15) is 20.7 Å². The molecule has 0 saturated heterocycles. The molecule has 8 nitrogen and oxygen atoms in total. The van der Waals surface area contributed by atoms with Crippen molar-refractivity contribution in [3.8, 4) is 5.69 Å². The zero-order chi connectivity index (χ0) is 23.5. The summed E-state index contributed by atoms with van der Waals surface area (Å²) >= 11 is 3.29. The molecule has 2 aromatic heterocycles. The van der Waals surface area contributed by atoms with Crippen molar-refractivity contribution in [1.82, 2.24) is 9.72 Å². The van der Waals surface area contributed by atoms with Crippen LogP contribution < -0.4 is 16.2 Å². The SMILES string of the molecule is O=C(Nc1ccon1)c1ccc(Br)c(NC(=O)c2ccc(=O)n(-c3c(F)cccc3F)c2)c1. The summed E-state index contributed by atoms with van der Waals surface area (Å²) in [5, 5.41) is 8.73. The first-order valence-corrected chi connectivity index (χ1v) is 10.1. The molecule has 2 N–H and O–H groups in total. The minimum Gasteiger partial charge on any atom is -0.363 e. The average Bonchev–Trinajstić information content (AvgIpc) is 3.29. The van der Waals surface area contributed by atoms with Gasteiger partial charge in [0.25, 0.3) is 17.4 Å². The Morgan fingerprint density at radius 2 is 1.64 bits per heavy atom. The minimum absolute atomic E-state index is 0.0402. The Kier molecular flexibility index (Phi) is 6.13. The van der Waals surface area contributed by atoms with Crippen LogP contribution in [-0.4, -0.2) is 21.5 Å². The predicted octanol–water partition coefficient (Wildman–Crippen LogP) is 4.37. The van der Waals surface area contributed by atoms with Crippen LogP contribution in [0.3, 0.4) is 0 Å². The molecule has 2 heterocycles. The number of nitrogens with zero attached hydrogens (tertiary/aromatic N) is 2. The highest BCUT2D eigenvalue weighted by molar-refractivity contribution is 9.10. The van der Waals surface area contributed by atoms with Crippen molar-refractivity contribution in [2.24, 2.45) is 0 Å². The van der Waals surface area contributed by atoms with Gasteiger partial charge in [-0.25, -0.2) is 8.78 Å². The lowest BCUT2D eigenvalue weighted by atomic mass is 10.1. The Labute approximate surface area is 193 Å². The first-order chi connectivity index (χ1) is 15.8. The van der Waals surface area contributed by atoms with Gasteiger partial charge in [-0.2, -0.15) is 0 Å². The van der Waals surface area contributed by atoms with Gasteiger partial charge in [-0.1, -0.05) is 11.2 Å². The largest absolute Gasteiger partial charge is 0.363 e. The van der Waals surface area contributed by atoms with Crippen LogP contribution in [0.25, 0.3) is 5.69 Å². The minimum atomic E-state index is -0.955. The molecular formula is C22H13BrF2N4O4. The molecule has 4 aromatic rings. The molecule has 0 aliphatic carbocycles. The maximum Gasteiger partial charge on any atom is 0.257 e. The number of amides is 2. The van der Waals surface area contributed by atoms with E-state index >= 15 is 0 Å². The van der Waals surface area contributed by atoms with Crippen LogP contribution in [0.5, 0.6) is 0 Å². The smallest absolute Gasteiger partial charge is 0.257 e. The van der Waals surface area contributed by atoms with Gasteiger partial charge in [0, 0.05) is 28.4 Å². The Bertz CT molecular complexity index is 1400. The van der Waals surface area contributed by atoms with Crippen molar-refractivity contribution in [2.45, 2.75) is 0 Å². The number of nitrogens with one attached hydrogen (secondary N) is 2. The molecule has 0 radical (unpaired) electrons. The van der Waals surface area contributed by atoms with E-state index in [0.717, 1.165) is 29.0 Å². The zero-order valence-electron chi connectivity index (χ0n) is 16.5. The molecule has 166 valence electrons. The molecule has 2 amide bonds. The Hall–Kier alpha value is -4.12. The monoisotopic (exact) mass is 514 g/mol. The second-order valence-corrected chi connectivity index (χ2v) is 7.54. The van der Waals surface area contributed by atoms with Crippen LogP contribution in [0.2, 0.25) is 0 Å². The van der Waals surface area contributed by atoms with Gasteiger partial charge in [-0.15, -0.1) is 0 Å². The molecule has 0 fully saturated rings. The second-order valence-electron chi connectivity index (χ2n) is 6.68. The fourth-order valence-corrected chi connectivity index (χ4v) is 3.28. The van der Waals surface area contributed by atoms with E-state index < -0.39 is 34.7 Å². The normalized spacial score (nSPS) is 10.6. The fourth-order valence-electron chi connectivity index (χ4n) is 2.94. The highest BCUT2D eigenvalue weighted by Crippen LogP contribution is 2.25. The molecule has 0 spiro atoms. The van der Waals surface area contributed by atoms with Gasteiger partial charge >= 0.3 is 0 Å². The van der Waals surface area contributed by atoms with Crippen LogP contribution in [-0.2, 0) is 0 Å². The molecular weight excluding hydrogens is 502 g/mol. The zero-order valence-corrected chi connectivity index (χ0v) is 18.1. The van der Waals surface area contributed by atoms with E-state index in [1.165, 1.54) is 36.6 Å². The quantitative estimate of drug-likeness (QED) is 0.411. The first kappa shape index (κ1) is 22.1. The lowest BCUT2D eigenvalue weighted by Gasteiger charge is -2.12. The van der Waals surface area contributed by atoms with E-state index in [0.29, 0.717) is 4.47 Å². The summed E-state index contributed by atoms with van der Waals surface area (Å²) in [6, 6.07) is 11.4. The third-order valence-electron chi connectivity index (χ3n) is 4.51. The Morgan fingerprint density at radius 1 is 0.939 bits per heavy atom. The van der Waals surface area contributed by atoms with E-state index in [4.69, 9.17) is 0 Å². The topological polar surface area (TPSA) is 106 Å². The molecule has 0 saturated carbocycles. The molecule has 33 heavy (non-hydrogen) atoms. The van der Waals surface area contributed by atoms with Gasteiger partial charge in [0.15, 0.2) is 5.82 Å². The summed E-state index contributed by atoms with van der Waals surface area (Å²) in [4.78, 5) is 37.4. The maximum atomic E-state index is 14.1. The summed E-state index contributed by atoms with van der Waals surface area (Å²) in [6.07, 6.45) is 2.34. The Morgan fingerprint density at radius 3 is 2.33 bits per heavy atom. The number of carbonyl (C=O) groups excluding carboxylic acids is 2. The third-order valence-corrected chi connectivity index (χ3v) is 5.20. The van der Waals surface area contributed by atoms with E-state index in [1.54, 1.807) is 6.07 Å². The lowest BCUT2D eigenvalue weighted by Crippen LogP contribution is -2.22. The maximum absolute atomic E-state index is 14.1. The summed E-state index contributed by atoms with van der Waals surface area (Å²) in [6.45, 7) is 0. The van der Waals surface area contributed by atoms with Crippen molar-refractivity contribution in [1.29, 1.82) is 0 Å². The molecule has 0 unspecified atom stereocenters. The van der Waals surface area contributed by atoms with Gasteiger partial charge in [-0.3, -0.25) is 19.0 Å². The van der Waals surface area contributed by atoms with Gasteiger partial charge in [-0.05, 0) is 52.3 Å². The highest BCUT2D eigenvalue weighted by Gasteiger charge is 2.17. The summed E-state index contributed by atoms with van der Waals surface area (Å²) in [5.41, 5.74) is -0.882. The van der Waals surface area contributed by atoms with Crippen LogP contribution in [0, 0.1) is 11.6 Å². The van der Waals surface area contributed by atoms with Crippen molar-refractivity contribution < 1.29 is 22.9 Å². The van der Waals surface area contributed by atoms with Crippen molar-refractivity contribution >= 4 is 39.2 Å². The first-order valence-electron chi connectivity index (χ1n) is 9.33. The fraction of sp³-hybridized carbons (Fsp3) is 0. The van der Waals surface area contributed by atoms with Crippen LogP contribution in [0.15, 0.2) is 80.8 Å². The number of anilines is 2. The number of hydrogen-bond donors (Lipinski definition) is 2. The van der Waals surface area contributed by atoms with Crippen molar-refractivity contribution in [3.63, 3.8) is 0 Å². The average molecular weight is 515 g/mol. The molecule has 0 aliphatic heterocycles. The summed E-state index contributed by atoms with van der Waals surface area (Å²) in [5.74, 6) is -2.85. The van der Waals surface area contributed by atoms with E-state index in [2.05, 4.69) is 36.2 Å². The van der Waals surface area contributed by atoms with E-state index in [1.807, 2.05) is 0 Å². The van der Waals surface area contributed by atoms with Gasteiger partial charge in [0.2, 0.25) is 0 Å². The number of rotatable bonds is 5. The number of halogens is 3. The van der Waals surface area contributed by atoms with Gasteiger partial charge in [0.1, 0.15) is 23.6 Å². The number of aromatic nitrogens is 2. The molecule has 2 aromatic carbocycles. The third kappa shape index (κ3) is 4.72. The number of carbonyl (C=O) groups is 2. The molecule has 0 atom stereocenters. The van der Waals surface area contributed by atoms with Crippen molar-refractivity contribution in [2.75, 3.05) is 10.6 Å². The van der Waals surface area contributed by atoms with Crippen LogP contribution >= 0.6 is 15.9 Å². The number of pyridine rings is 1. The van der Waals surface area contributed by atoms with Gasteiger partial charge < -0.3 is 15.2 Å². The summed E-state index contributed by atoms with van der Waals surface area (Å²) in [7, 11) is 0. The molecule has 4 rings (SSSR count). The van der Waals surface area contributed by atoms with Gasteiger partial charge in [0.05, 0.1) is 11.3 Å². The Balaban J connectivity index is 1.61. The molecule has 0 bridgehead atoms. The van der Waals surface area contributed by atoms with Crippen LogP contribution in [0.4, 0.5) is 20.3 Å². The van der Waals surface area contributed by atoms with E-state index in [9.17, 15) is 23.2 Å². The van der Waals surface area contributed by atoms with E-state index in [-0.39, 0.29) is 22.6 Å². The summed E-state index contributed by atoms with van der Waals surface area (Å²) < 4.78 is 34.2. The second kappa shape index (κ2) is 9.17. The van der Waals surface area contributed by atoms with Crippen molar-refractivity contribution in [3.05, 3.63) is 105 Å². The molecule has 11 heteroatoms. The lowest BCUT2D eigenvalue weighted by molar-refractivity contribution is 0.101. The molecule has 0 aliphatic rings. The predicted molar refractivity (Wildman–Crippen MR) is 119 cm³/mol.